The molecule has 0 aliphatic rings. The second-order valence-corrected chi connectivity index (χ2v) is 4.58. The average Bonchev–Trinajstić information content (AvgIpc) is 2.76. The minimum atomic E-state index is -0.822. The highest BCUT2D eigenvalue weighted by atomic mass is 16.4. The van der Waals surface area contributed by atoms with Crippen LogP contribution >= 0.6 is 0 Å². The summed E-state index contributed by atoms with van der Waals surface area (Å²) in [6.07, 6.45) is 3.61. The second-order valence-electron chi connectivity index (χ2n) is 4.58. The first-order chi connectivity index (χ1) is 9.13. The number of aliphatic carboxylic acids is 1. The lowest BCUT2D eigenvalue weighted by Crippen LogP contribution is -2.08. The molecule has 4 nitrogen and oxygen atoms in total. The Morgan fingerprint density at radius 3 is 2.63 bits per heavy atom. The van der Waals surface area contributed by atoms with Crippen molar-refractivity contribution in [2.75, 3.05) is 0 Å². The molecule has 0 saturated carbocycles. The molecule has 0 bridgehead atoms. The Kier molecular flexibility index (Phi) is 4.00. The first-order valence-electron chi connectivity index (χ1n) is 6.47. The average molecular weight is 259 g/mol. The zero-order valence-electron chi connectivity index (χ0n) is 10.9. The van der Waals surface area contributed by atoms with Gasteiger partial charge in [-0.15, -0.1) is 0 Å². The van der Waals surface area contributed by atoms with E-state index in [0.29, 0.717) is 12.8 Å². The standard InChI is InChI=1S/C15H17NO3/c1-2-5-14(17)16-10-11(8-9-15(18)19)12-6-3-4-7-13(12)16/h3-4,6-7,10H,2,5,8-9H2,1H3,(H,18,19). The van der Waals surface area contributed by atoms with E-state index < -0.39 is 5.97 Å². The number of nitrogens with zero attached hydrogens (tertiary/aromatic N) is 1. The Bertz CT molecular complexity index is 613. The fraction of sp³-hybridized carbons (Fsp3) is 0.333. The number of benzene rings is 1. The van der Waals surface area contributed by atoms with Crippen LogP contribution < -0.4 is 0 Å². The molecular formula is C15H17NO3. The molecule has 0 aliphatic carbocycles. The molecule has 19 heavy (non-hydrogen) atoms. The quantitative estimate of drug-likeness (QED) is 0.897. The third-order valence-corrected chi connectivity index (χ3v) is 3.14. The van der Waals surface area contributed by atoms with E-state index in [0.717, 1.165) is 22.9 Å². The number of fused-ring (bicyclic) bond motifs is 1. The summed E-state index contributed by atoms with van der Waals surface area (Å²) in [6.45, 7) is 1.97. The Morgan fingerprint density at radius 2 is 1.95 bits per heavy atom. The van der Waals surface area contributed by atoms with E-state index in [-0.39, 0.29) is 12.3 Å². The van der Waals surface area contributed by atoms with E-state index in [2.05, 4.69) is 0 Å². The van der Waals surface area contributed by atoms with Gasteiger partial charge < -0.3 is 5.11 Å². The maximum atomic E-state index is 12.1. The highest BCUT2D eigenvalue weighted by Gasteiger charge is 2.13. The van der Waals surface area contributed by atoms with Crippen LogP contribution in [0.1, 0.15) is 36.5 Å². The predicted octanol–water partition coefficient (Wildman–Crippen LogP) is 3.10. The van der Waals surface area contributed by atoms with Gasteiger partial charge in [0.1, 0.15) is 0 Å². The monoisotopic (exact) mass is 259 g/mol. The molecule has 100 valence electrons. The van der Waals surface area contributed by atoms with Crippen molar-refractivity contribution < 1.29 is 14.7 Å². The topological polar surface area (TPSA) is 59.3 Å². The molecule has 0 aliphatic heterocycles. The van der Waals surface area contributed by atoms with Crippen LogP contribution in [-0.4, -0.2) is 21.6 Å². The molecule has 0 unspecified atom stereocenters. The number of rotatable bonds is 5. The summed E-state index contributed by atoms with van der Waals surface area (Å²) in [4.78, 5) is 22.7. The lowest BCUT2D eigenvalue weighted by atomic mass is 10.1. The van der Waals surface area contributed by atoms with Crippen LogP contribution in [0.25, 0.3) is 10.9 Å². The third kappa shape index (κ3) is 2.84. The normalized spacial score (nSPS) is 10.8. The van der Waals surface area contributed by atoms with Crippen molar-refractivity contribution in [1.29, 1.82) is 0 Å². The van der Waals surface area contributed by atoms with E-state index in [9.17, 15) is 9.59 Å². The van der Waals surface area contributed by atoms with Crippen molar-refractivity contribution >= 4 is 22.8 Å². The molecular weight excluding hydrogens is 242 g/mol. The summed E-state index contributed by atoms with van der Waals surface area (Å²) in [5.41, 5.74) is 1.78. The zero-order valence-corrected chi connectivity index (χ0v) is 10.9. The van der Waals surface area contributed by atoms with Crippen LogP contribution in [0.15, 0.2) is 30.5 Å². The van der Waals surface area contributed by atoms with Gasteiger partial charge in [-0.1, -0.05) is 25.1 Å². The number of carbonyl (C=O) groups is 2. The minimum Gasteiger partial charge on any atom is -0.481 e. The molecule has 0 saturated heterocycles. The van der Waals surface area contributed by atoms with Crippen molar-refractivity contribution in [2.24, 2.45) is 0 Å². The molecule has 1 heterocycles. The predicted molar refractivity (Wildman–Crippen MR) is 73.4 cm³/mol. The molecule has 2 rings (SSSR count). The molecule has 0 atom stereocenters. The van der Waals surface area contributed by atoms with Gasteiger partial charge in [-0.25, -0.2) is 0 Å². The van der Waals surface area contributed by atoms with Crippen molar-refractivity contribution in [1.82, 2.24) is 4.57 Å². The number of aryl methyl sites for hydroxylation is 1. The van der Waals surface area contributed by atoms with E-state index in [1.165, 1.54) is 0 Å². The lowest BCUT2D eigenvalue weighted by Gasteiger charge is -2.01. The van der Waals surface area contributed by atoms with Crippen molar-refractivity contribution in [3.05, 3.63) is 36.0 Å². The summed E-state index contributed by atoms with van der Waals surface area (Å²) < 4.78 is 1.65. The highest BCUT2D eigenvalue weighted by molar-refractivity contribution is 5.94. The SMILES string of the molecule is CCCC(=O)n1cc(CCC(=O)O)c2ccccc21. The van der Waals surface area contributed by atoms with Crippen molar-refractivity contribution in [3.8, 4) is 0 Å². The van der Waals surface area contributed by atoms with Crippen LogP contribution in [0, 0.1) is 0 Å². The maximum absolute atomic E-state index is 12.1. The Balaban J connectivity index is 2.42. The minimum absolute atomic E-state index is 0.0558. The number of aromatic nitrogens is 1. The Hall–Kier alpha value is -2.10. The number of hydrogen-bond acceptors (Lipinski definition) is 2. The van der Waals surface area contributed by atoms with Gasteiger partial charge in [0.25, 0.3) is 0 Å². The number of para-hydroxylation sites is 1. The van der Waals surface area contributed by atoms with Crippen molar-refractivity contribution in [2.45, 2.75) is 32.6 Å². The number of carbonyl (C=O) groups excluding carboxylic acids is 1. The summed E-state index contributed by atoms with van der Waals surface area (Å²) in [5, 5.41) is 9.74. The summed E-state index contributed by atoms with van der Waals surface area (Å²) in [5.74, 6) is -0.767. The molecule has 4 heteroatoms. The zero-order chi connectivity index (χ0) is 13.8. The van der Waals surface area contributed by atoms with E-state index in [1.54, 1.807) is 10.8 Å². The third-order valence-electron chi connectivity index (χ3n) is 3.14. The van der Waals surface area contributed by atoms with Crippen LogP contribution in [0.2, 0.25) is 0 Å². The van der Waals surface area contributed by atoms with Crippen LogP contribution in [0.4, 0.5) is 0 Å². The smallest absolute Gasteiger partial charge is 0.303 e. The van der Waals surface area contributed by atoms with Gasteiger partial charge in [0.15, 0.2) is 0 Å². The van der Waals surface area contributed by atoms with Gasteiger partial charge in [-0.05, 0) is 24.5 Å². The van der Waals surface area contributed by atoms with Crippen LogP contribution in [-0.2, 0) is 11.2 Å². The Labute approximate surface area is 111 Å². The largest absolute Gasteiger partial charge is 0.481 e. The molecule has 2 aromatic rings. The Morgan fingerprint density at radius 1 is 1.21 bits per heavy atom. The number of carboxylic acid groups (broad SMARTS) is 1. The molecule has 1 aromatic heterocycles. The fourth-order valence-corrected chi connectivity index (χ4v) is 2.23. The maximum Gasteiger partial charge on any atom is 0.303 e. The van der Waals surface area contributed by atoms with Gasteiger partial charge in [0.05, 0.1) is 5.52 Å². The highest BCUT2D eigenvalue weighted by Crippen LogP contribution is 2.23. The molecule has 1 N–H and O–H groups in total. The lowest BCUT2D eigenvalue weighted by molar-refractivity contribution is -0.136. The molecule has 0 amide bonds. The van der Waals surface area contributed by atoms with Gasteiger partial charge in [0, 0.05) is 24.4 Å². The first-order valence-corrected chi connectivity index (χ1v) is 6.47. The fourth-order valence-electron chi connectivity index (χ4n) is 2.23. The van der Waals surface area contributed by atoms with Gasteiger partial charge in [0.2, 0.25) is 5.91 Å². The summed E-state index contributed by atoms with van der Waals surface area (Å²) in [7, 11) is 0. The van der Waals surface area contributed by atoms with Crippen LogP contribution in [0.5, 0.6) is 0 Å². The first kappa shape index (κ1) is 13.3. The van der Waals surface area contributed by atoms with Gasteiger partial charge >= 0.3 is 5.97 Å². The van der Waals surface area contributed by atoms with Gasteiger partial charge in [-0.3, -0.25) is 14.2 Å². The summed E-state index contributed by atoms with van der Waals surface area (Å²) >= 11 is 0. The molecule has 0 spiro atoms. The molecule has 0 fully saturated rings. The summed E-state index contributed by atoms with van der Waals surface area (Å²) in [6, 6.07) is 7.62. The van der Waals surface area contributed by atoms with E-state index in [4.69, 9.17) is 5.11 Å². The molecule has 1 aromatic carbocycles. The van der Waals surface area contributed by atoms with Crippen molar-refractivity contribution in [3.63, 3.8) is 0 Å². The number of hydrogen-bond donors (Lipinski definition) is 1. The van der Waals surface area contributed by atoms with Gasteiger partial charge in [-0.2, -0.15) is 0 Å². The molecule has 0 radical (unpaired) electrons. The van der Waals surface area contributed by atoms with Crippen LogP contribution in [0.3, 0.4) is 0 Å². The van der Waals surface area contributed by atoms with E-state index in [1.807, 2.05) is 31.2 Å². The van der Waals surface area contributed by atoms with E-state index >= 15 is 0 Å². The number of carboxylic acids is 1. The second kappa shape index (κ2) is 5.69.